The quantitative estimate of drug-likeness (QED) is 0.898. The molecule has 5 heteroatoms. The van der Waals surface area contributed by atoms with Crippen molar-refractivity contribution in [2.75, 3.05) is 19.7 Å². The molecule has 1 aliphatic heterocycles. The number of carbonyl (C=O) groups excluding carboxylic acids is 1. The summed E-state index contributed by atoms with van der Waals surface area (Å²) in [5.41, 5.74) is 1.02. The van der Waals surface area contributed by atoms with E-state index in [1.807, 2.05) is 31.2 Å². The summed E-state index contributed by atoms with van der Waals surface area (Å²) < 4.78 is 0. The van der Waals surface area contributed by atoms with Crippen LogP contribution in [0, 0.1) is 5.92 Å². The highest BCUT2D eigenvalue weighted by molar-refractivity contribution is 6.30. The summed E-state index contributed by atoms with van der Waals surface area (Å²) >= 11 is 6.00. The van der Waals surface area contributed by atoms with Crippen LogP contribution in [-0.2, 0) is 0 Å². The summed E-state index contributed by atoms with van der Waals surface area (Å²) in [7, 11) is 0. The minimum absolute atomic E-state index is 0.0330. The predicted molar refractivity (Wildman–Crippen MR) is 79.8 cm³/mol. The van der Waals surface area contributed by atoms with Crippen molar-refractivity contribution in [3.05, 3.63) is 34.9 Å². The van der Waals surface area contributed by atoms with E-state index in [2.05, 4.69) is 5.32 Å². The molecule has 1 heterocycles. The molecule has 0 aromatic heterocycles. The van der Waals surface area contributed by atoms with E-state index in [1.54, 1.807) is 4.90 Å². The average molecular weight is 297 g/mol. The first-order chi connectivity index (χ1) is 9.63. The minimum atomic E-state index is -0.0622. The van der Waals surface area contributed by atoms with Gasteiger partial charge in [0.15, 0.2) is 0 Å². The Balaban J connectivity index is 1.98. The fourth-order valence-electron chi connectivity index (χ4n) is 2.55. The summed E-state index contributed by atoms with van der Waals surface area (Å²) in [5, 5.41) is 12.9. The number of hydrogen-bond donors (Lipinski definition) is 2. The first kappa shape index (κ1) is 15.1. The number of nitrogens with zero attached hydrogens (tertiary/aromatic N) is 1. The topological polar surface area (TPSA) is 52.6 Å². The SMILES string of the molecule is CCC(NC(=O)N1CCC(CO)C1)c1cccc(Cl)c1. The lowest BCUT2D eigenvalue weighted by atomic mass is 10.1. The second-order valence-electron chi connectivity index (χ2n) is 5.25. The van der Waals surface area contributed by atoms with Crippen molar-refractivity contribution in [3.8, 4) is 0 Å². The molecule has 1 aromatic rings. The number of urea groups is 1. The van der Waals surface area contributed by atoms with E-state index in [9.17, 15) is 4.79 Å². The maximum absolute atomic E-state index is 12.2. The number of benzene rings is 1. The van der Waals surface area contributed by atoms with Gasteiger partial charge < -0.3 is 15.3 Å². The second-order valence-corrected chi connectivity index (χ2v) is 5.69. The lowest BCUT2D eigenvalue weighted by Gasteiger charge is -2.23. The Hall–Kier alpha value is -1.26. The molecular formula is C15H21ClN2O2. The lowest BCUT2D eigenvalue weighted by Crippen LogP contribution is -2.40. The molecule has 1 fully saturated rings. The fourth-order valence-corrected chi connectivity index (χ4v) is 2.75. The first-order valence-electron chi connectivity index (χ1n) is 7.05. The standard InChI is InChI=1S/C15H21ClN2O2/c1-2-14(12-4-3-5-13(16)8-12)17-15(20)18-7-6-11(9-18)10-19/h3-5,8,11,14,19H,2,6-7,9-10H2,1H3,(H,17,20). The lowest BCUT2D eigenvalue weighted by molar-refractivity contribution is 0.194. The van der Waals surface area contributed by atoms with Gasteiger partial charge in [0.25, 0.3) is 0 Å². The highest BCUT2D eigenvalue weighted by Crippen LogP contribution is 2.22. The molecule has 0 radical (unpaired) electrons. The number of aliphatic hydroxyl groups is 1. The highest BCUT2D eigenvalue weighted by Gasteiger charge is 2.26. The molecule has 2 unspecified atom stereocenters. The molecule has 2 rings (SSSR count). The van der Waals surface area contributed by atoms with Gasteiger partial charge in [-0.2, -0.15) is 0 Å². The summed E-state index contributed by atoms with van der Waals surface area (Å²) in [6.07, 6.45) is 1.68. The van der Waals surface area contributed by atoms with Crippen LogP contribution >= 0.6 is 11.6 Å². The van der Waals surface area contributed by atoms with Gasteiger partial charge in [0.05, 0.1) is 6.04 Å². The van der Waals surface area contributed by atoms with Gasteiger partial charge in [0, 0.05) is 30.6 Å². The number of aliphatic hydroxyl groups excluding tert-OH is 1. The third-order valence-electron chi connectivity index (χ3n) is 3.79. The number of amides is 2. The normalized spacial score (nSPS) is 19.9. The Morgan fingerprint density at radius 1 is 1.60 bits per heavy atom. The van der Waals surface area contributed by atoms with E-state index in [4.69, 9.17) is 16.7 Å². The summed E-state index contributed by atoms with van der Waals surface area (Å²) in [6, 6.07) is 7.48. The van der Waals surface area contributed by atoms with Gasteiger partial charge in [0.2, 0.25) is 0 Å². The molecule has 0 saturated carbocycles. The molecule has 0 spiro atoms. The van der Waals surface area contributed by atoms with Crippen LogP contribution in [0.4, 0.5) is 4.79 Å². The molecule has 4 nitrogen and oxygen atoms in total. The summed E-state index contributed by atoms with van der Waals surface area (Å²) in [5.74, 6) is 0.215. The van der Waals surface area contributed by atoms with Gasteiger partial charge in [-0.25, -0.2) is 4.79 Å². The Morgan fingerprint density at radius 2 is 2.40 bits per heavy atom. The molecule has 1 aromatic carbocycles. The monoisotopic (exact) mass is 296 g/mol. The Kier molecular flexibility index (Phi) is 5.26. The molecule has 20 heavy (non-hydrogen) atoms. The Bertz CT molecular complexity index is 467. The van der Waals surface area contributed by atoms with E-state index in [1.165, 1.54) is 0 Å². The molecule has 1 aliphatic rings. The van der Waals surface area contributed by atoms with Crippen LogP contribution in [0.25, 0.3) is 0 Å². The van der Waals surface area contributed by atoms with Gasteiger partial charge >= 0.3 is 6.03 Å². The minimum Gasteiger partial charge on any atom is -0.396 e. The number of hydrogen-bond acceptors (Lipinski definition) is 2. The number of likely N-dealkylation sites (tertiary alicyclic amines) is 1. The van der Waals surface area contributed by atoms with Gasteiger partial charge in [-0.05, 0) is 30.5 Å². The largest absolute Gasteiger partial charge is 0.396 e. The maximum Gasteiger partial charge on any atom is 0.317 e. The first-order valence-corrected chi connectivity index (χ1v) is 7.43. The number of nitrogens with one attached hydrogen (secondary N) is 1. The second kappa shape index (κ2) is 6.95. The van der Waals surface area contributed by atoms with E-state index in [0.29, 0.717) is 18.1 Å². The van der Waals surface area contributed by atoms with E-state index in [-0.39, 0.29) is 24.6 Å². The Labute approximate surface area is 124 Å². The highest BCUT2D eigenvalue weighted by atomic mass is 35.5. The molecular weight excluding hydrogens is 276 g/mol. The number of halogens is 1. The van der Waals surface area contributed by atoms with Crippen molar-refractivity contribution >= 4 is 17.6 Å². The van der Waals surface area contributed by atoms with Crippen LogP contribution in [0.5, 0.6) is 0 Å². The van der Waals surface area contributed by atoms with Crippen molar-refractivity contribution in [1.29, 1.82) is 0 Å². The van der Waals surface area contributed by atoms with Crippen molar-refractivity contribution in [3.63, 3.8) is 0 Å². The van der Waals surface area contributed by atoms with Crippen LogP contribution in [0.1, 0.15) is 31.4 Å². The van der Waals surface area contributed by atoms with Crippen LogP contribution < -0.4 is 5.32 Å². The van der Waals surface area contributed by atoms with Crippen molar-refractivity contribution in [2.24, 2.45) is 5.92 Å². The van der Waals surface area contributed by atoms with Gasteiger partial charge in [0.1, 0.15) is 0 Å². The summed E-state index contributed by atoms with van der Waals surface area (Å²) in [4.78, 5) is 14.0. The molecule has 110 valence electrons. The van der Waals surface area contributed by atoms with Crippen molar-refractivity contribution in [2.45, 2.75) is 25.8 Å². The number of carbonyl (C=O) groups is 1. The average Bonchev–Trinajstić information content (AvgIpc) is 2.93. The molecule has 0 aliphatic carbocycles. The molecule has 2 N–H and O–H groups in total. The zero-order valence-corrected chi connectivity index (χ0v) is 12.4. The van der Waals surface area contributed by atoms with E-state index in [0.717, 1.165) is 18.4 Å². The fraction of sp³-hybridized carbons (Fsp3) is 0.533. The molecule has 0 bridgehead atoms. The van der Waals surface area contributed by atoms with Crippen LogP contribution in [0.2, 0.25) is 5.02 Å². The predicted octanol–water partition coefficient (Wildman–Crippen LogP) is 2.81. The Morgan fingerprint density at radius 3 is 3.00 bits per heavy atom. The van der Waals surface area contributed by atoms with Gasteiger partial charge in [-0.1, -0.05) is 30.7 Å². The van der Waals surface area contributed by atoms with Crippen LogP contribution in [0.15, 0.2) is 24.3 Å². The third-order valence-corrected chi connectivity index (χ3v) is 4.02. The maximum atomic E-state index is 12.2. The van der Waals surface area contributed by atoms with E-state index >= 15 is 0 Å². The zero-order valence-electron chi connectivity index (χ0n) is 11.7. The molecule has 1 saturated heterocycles. The molecule has 2 amide bonds. The number of rotatable bonds is 4. The smallest absolute Gasteiger partial charge is 0.317 e. The third kappa shape index (κ3) is 3.64. The van der Waals surface area contributed by atoms with E-state index < -0.39 is 0 Å². The molecule has 2 atom stereocenters. The van der Waals surface area contributed by atoms with Crippen molar-refractivity contribution < 1.29 is 9.90 Å². The van der Waals surface area contributed by atoms with Crippen LogP contribution in [-0.4, -0.2) is 35.7 Å². The van der Waals surface area contributed by atoms with Gasteiger partial charge in [-0.15, -0.1) is 0 Å². The summed E-state index contributed by atoms with van der Waals surface area (Å²) in [6.45, 7) is 3.53. The zero-order chi connectivity index (χ0) is 14.5. The van der Waals surface area contributed by atoms with Crippen molar-refractivity contribution in [1.82, 2.24) is 10.2 Å². The van der Waals surface area contributed by atoms with Gasteiger partial charge in [-0.3, -0.25) is 0 Å². The van der Waals surface area contributed by atoms with Crippen LogP contribution in [0.3, 0.4) is 0 Å².